The second-order valence-electron chi connectivity index (χ2n) is 4.96. The van der Waals surface area contributed by atoms with Gasteiger partial charge in [0.25, 0.3) is 5.69 Å². The maximum absolute atomic E-state index is 12.4. The average molecular weight is 321 g/mol. The summed E-state index contributed by atoms with van der Waals surface area (Å²) >= 11 is 5.84. The molecule has 0 aliphatic carbocycles. The van der Waals surface area contributed by atoms with Crippen LogP contribution < -0.4 is 0 Å². The molecule has 2 rings (SSSR count). The molecule has 0 amide bonds. The van der Waals surface area contributed by atoms with Crippen molar-refractivity contribution in [3.8, 4) is 0 Å². The summed E-state index contributed by atoms with van der Waals surface area (Å²) in [5.74, 6) is 0. The number of aliphatic hydroxyl groups is 1. The monoisotopic (exact) mass is 320 g/mol. The van der Waals surface area contributed by atoms with Crippen LogP contribution in [0, 0.1) is 10.1 Å². The van der Waals surface area contributed by atoms with Gasteiger partial charge in [-0.25, -0.2) is 8.42 Å². The van der Waals surface area contributed by atoms with Crippen LogP contribution in [0.3, 0.4) is 0 Å². The molecule has 1 unspecified atom stereocenters. The fourth-order valence-corrected chi connectivity index (χ4v) is 4.10. The zero-order chi connectivity index (χ0) is 15.1. The van der Waals surface area contributed by atoms with Gasteiger partial charge in [0.15, 0.2) is 0 Å². The Balaban J connectivity index is 2.45. The number of benzene rings is 1. The zero-order valence-corrected chi connectivity index (χ0v) is 12.2. The highest BCUT2D eigenvalue weighted by Gasteiger charge is 2.39. The lowest BCUT2D eigenvalue weighted by molar-refractivity contribution is -0.385. The summed E-state index contributed by atoms with van der Waals surface area (Å²) in [6, 6.07) is 3.26. The number of hydrogen-bond acceptors (Lipinski definition) is 5. The van der Waals surface area contributed by atoms with Gasteiger partial charge < -0.3 is 5.11 Å². The van der Waals surface area contributed by atoms with Crippen LogP contribution in [0.4, 0.5) is 5.69 Å². The Bertz CT molecular complexity index is 659. The third-order valence-corrected chi connectivity index (χ3v) is 5.49. The van der Waals surface area contributed by atoms with Crippen molar-refractivity contribution in [1.82, 2.24) is 4.31 Å². The maximum Gasteiger partial charge on any atom is 0.270 e. The predicted molar refractivity (Wildman–Crippen MR) is 72.1 cm³/mol. The van der Waals surface area contributed by atoms with E-state index in [-0.39, 0.29) is 28.7 Å². The van der Waals surface area contributed by atoms with Crippen LogP contribution in [-0.2, 0) is 10.0 Å². The molecule has 1 aromatic carbocycles. The molecule has 20 heavy (non-hydrogen) atoms. The molecule has 1 atom stereocenters. The second-order valence-corrected chi connectivity index (χ2v) is 7.27. The smallest absolute Gasteiger partial charge is 0.270 e. The highest BCUT2D eigenvalue weighted by molar-refractivity contribution is 7.89. The number of hydrogen-bond donors (Lipinski definition) is 1. The predicted octanol–water partition coefficient (Wildman–Crippen LogP) is 1.39. The summed E-state index contributed by atoms with van der Waals surface area (Å²) < 4.78 is 25.9. The first-order chi connectivity index (χ1) is 9.13. The highest BCUT2D eigenvalue weighted by Crippen LogP contribution is 2.32. The van der Waals surface area contributed by atoms with E-state index in [1.54, 1.807) is 0 Å². The zero-order valence-electron chi connectivity index (χ0n) is 10.6. The van der Waals surface area contributed by atoms with Gasteiger partial charge >= 0.3 is 0 Å². The molecule has 1 saturated heterocycles. The molecule has 1 N–H and O–H groups in total. The highest BCUT2D eigenvalue weighted by atomic mass is 35.5. The van der Waals surface area contributed by atoms with Crippen molar-refractivity contribution in [2.24, 2.45) is 0 Å². The summed E-state index contributed by atoms with van der Waals surface area (Å²) in [4.78, 5) is 9.73. The van der Waals surface area contributed by atoms with Crippen molar-refractivity contribution in [1.29, 1.82) is 0 Å². The van der Waals surface area contributed by atoms with Gasteiger partial charge in [-0.05, 0) is 19.4 Å². The van der Waals surface area contributed by atoms with Gasteiger partial charge in [-0.3, -0.25) is 10.1 Å². The molecule has 0 radical (unpaired) electrons. The van der Waals surface area contributed by atoms with E-state index in [9.17, 15) is 23.6 Å². The van der Waals surface area contributed by atoms with E-state index in [0.717, 1.165) is 16.4 Å². The third kappa shape index (κ3) is 2.78. The Kier molecular flexibility index (Phi) is 3.76. The SMILES string of the molecule is CC1(O)CCN(S(=O)(=O)c2cc([N+](=O)[O-])ccc2Cl)C1. The molecule has 1 fully saturated rings. The maximum atomic E-state index is 12.4. The van der Waals surface area contributed by atoms with Crippen LogP contribution in [0.5, 0.6) is 0 Å². The molecule has 110 valence electrons. The second kappa shape index (κ2) is 4.96. The van der Waals surface area contributed by atoms with Gasteiger partial charge in [-0.2, -0.15) is 4.31 Å². The van der Waals surface area contributed by atoms with Gasteiger partial charge in [0.1, 0.15) is 4.90 Å². The number of halogens is 1. The quantitative estimate of drug-likeness (QED) is 0.670. The molecule has 0 bridgehead atoms. The Morgan fingerprint density at radius 3 is 2.65 bits per heavy atom. The van der Waals surface area contributed by atoms with Crippen molar-refractivity contribution >= 4 is 27.3 Å². The Morgan fingerprint density at radius 1 is 1.50 bits per heavy atom. The molecule has 0 spiro atoms. The number of β-amino-alcohol motifs (C(OH)–C–C–N with tert-alkyl or cyclic N) is 1. The molecule has 7 nitrogen and oxygen atoms in total. The van der Waals surface area contributed by atoms with Crippen molar-refractivity contribution in [3.05, 3.63) is 33.3 Å². The Morgan fingerprint density at radius 2 is 2.15 bits per heavy atom. The normalized spacial score (nSPS) is 23.9. The molecular formula is C11H13ClN2O5S. The van der Waals surface area contributed by atoms with Gasteiger partial charge in [0.05, 0.1) is 15.5 Å². The van der Waals surface area contributed by atoms with Gasteiger partial charge in [-0.1, -0.05) is 11.6 Å². The van der Waals surface area contributed by atoms with Crippen LogP contribution >= 0.6 is 11.6 Å². The molecule has 1 aliphatic rings. The fraction of sp³-hybridized carbons (Fsp3) is 0.455. The standard InChI is InChI=1S/C11H13ClN2O5S/c1-11(15)4-5-13(7-11)20(18,19)10-6-8(14(16)17)2-3-9(10)12/h2-3,6,15H,4-5,7H2,1H3. The van der Waals surface area contributed by atoms with Gasteiger partial charge in [0, 0.05) is 25.2 Å². The molecule has 9 heteroatoms. The molecule has 0 saturated carbocycles. The number of nitro benzene ring substituents is 1. The van der Waals surface area contributed by atoms with E-state index in [4.69, 9.17) is 11.6 Å². The lowest BCUT2D eigenvalue weighted by atomic mass is 10.1. The minimum Gasteiger partial charge on any atom is -0.389 e. The topological polar surface area (TPSA) is 101 Å². The average Bonchev–Trinajstić information content (AvgIpc) is 2.70. The van der Waals surface area contributed by atoms with E-state index in [2.05, 4.69) is 0 Å². The number of rotatable bonds is 3. The summed E-state index contributed by atoms with van der Waals surface area (Å²) in [6.45, 7) is 1.63. The van der Waals surface area contributed by atoms with E-state index in [1.165, 1.54) is 13.0 Å². The summed E-state index contributed by atoms with van der Waals surface area (Å²) in [5.41, 5.74) is -1.45. The van der Waals surface area contributed by atoms with Crippen LogP contribution in [0.1, 0.15) is 13.3 Å². The van der Waals surface area contributed by atoms with Gasteiger partial charge in [0.2, 0.25) is 10.0 Å². The largest absolute Gasteiger partial charge is 0.389 e. The summed E-state index contributed by atoms with van der Waals surface area (Å²) in [7, 11) is -3.96. The number of nitrogens with zero attached hydrogens (tertiary/aromatic N) is 2. The van der Waals surface area contributed by atoms with Gasteiger partial charge in [-0.15, -0.1) is 0 Å². The van der Waals surface area contributed by atoms with E-state index >= 15 is 0 Å². The van der Waals surface area contributed by atoms with Crippen LogP contribution in [0.15, 0.2) is 23.1 Å². The molecule has 1 aromatic rings. The van der Waals surface area contributed by atoms with Crippen LogP contribution in [-0.4, -0.2) is 41.4 Å². The van der Waals surface area contributed by atoms with Crippen molar-refractivity contribution in [2.75, 3.05) is 13.1 Å². The Hall–Kier alpha value is -1.22. The first kappa shape index (κ1) is 15.2. The van der Waals surface area contributed by atoms with Crippen molar-refractivity contribution in [2.45, 2.75) is 23.8 Å². The minimum atomic E-state index is -3.96. The number of nitro groups is 1. The van der Waals surface area contributed by atoms with Crippen LogP contribution in [0.25, 0.3) is 0 Å². The Labute approximate surface area is 121 Å². The molecular weight excluding hydrogens is 308 g/mol. The van der Waals surface area contributed by atoms with E-state index < -0.39 is 20.5 Å². The van der Waals surface area contributed by atoms with Crippen LogP contribution in [0.2, 0.25) is 5.02 Å². The molecule has 1 aliphatic heterocycles. The number of non-ortho nitro benzene ring substituents is 1. The van der Waals surface area contributed by atoms with E-state index in [0.29, 0.717) is 6.42 Å². The molecule has 0 aromatic heterocycles. The first-order valence-corrected chi connectivity index (χ1v) is 7.62. The lowest BCUT2D eigenvalue weighted by Gasteiger charge is -2.19. The summed E-state index contributed by atoms with van der Waals surface area (Å²) in [5, 5.41) is 20.5. The lowest BCUT2D eigenvalue weighted by Crippen LogP contribution is -2.34. The van der Waals surface area contributed by atoms with Crippen molar-refractivity contribution < 1.29 is 18.4 Å². The van der Waals surface area contributed by atoms with E-state index in [1.807, 2.05) is 0 Å². The minimum absolute atomic E-state index is 0.0612. The summed E-state index contributed by atoms with van der Waals surface area (Å²) in [6.07, 6.45) is 0.304. The number of sulfonamides is 1. The van der Waals surface area contributed by atoms with Crippen molar-refractivity contribution in [3.63, 3.8) is 0 Å². The molecule has 1 heterocycles. The third-order valence-electron chi connectivity index (χ3n) is 3.16. The fourth-order valence-electron chi connectivity index (χ4n) is 2.05. The first-order valence-electron chi connectivity index (χ1n) is 5.80.